The lowest BCUT2D eigenvalue weighted by molar-refractivity contribution is 0.0967. The quantitative estimate of drug-likeness (QED) is 0.809. The van der Waals surface area contributed by atoms with Gasteiger partial charge in [-0.15, -0.1) is 0 Å². The van der Waals surface area contributed by atoms with Crippen molar-refractivity contribution in [3.8, 4) is 0 Å². The highest BCUT2D eigenvalue weighted by atomic mass is 16.1. The zero-order chi connectivity index (χ0) is 12.5. The first-order valence-electron chi connectivity index (χ1n) is 6.39. The summed E-state index contributed by atoms with van der Waals surface area (Å²) in [5.41, 5.74) is 3.07. The molecule has 0 bridgehead atoms. The van der Waals surface area contributed by atoms with E-state index in [1.807, 2.05) is 25.1 Å². The highest BCUT2D eigenvalue weighted by Gasteiger charge is 2.24. The maximum atomic E-state index is 11.8. The Morgan fingerprint density at radius 3 is 2.78 bits per heavy atom. The summed E-state index contributed by atoms with van der Waals surface area (Å²) < 4.78 is 2.18. The molecule has 0 fully saturated rings. The van der Waals surface area contributed by atoms with Gasteiger partial charge < -0.3 is 4.57 Å². The third-order valence-electron chi connectivity index (χ3n) is 3.53. The summed E-state index contributed by atoms with van der Waals surface area (Å²) in [4.78, 5) is 16.3. The van der Waals surface area contributed by atoms with Crippen molar-refractivity contribution in [1.29, 1.82) is 0 Å². The van der Waals surface area contributed by atoms with E-state index in [9.17, 15) is 4.79 Å². The Labute approximate surface area is 106 Å². The van der Waals surface area contributed by atoms with Crippen LogP contribution in [0, 0.1) is 6.92 Å². The number of rotatable bonds is 2. The highest BCUT2D eigenvalue weighted by molar-refractivity contribution is 5.96. The molecule has 0 saturated heterocycles. The average molecular weight is 240 g/mol. The molecule has 0 atom stereocenters. The van der Waals surface area contributed by atoms with Crippen molar-refractivity contribution in [2.45, 2.75) is 32.7 Å². The van der Waals surface area contributed by atoms with Crippen molar-refractivity contribution < 1.29 is 4.79 Å². The standard InChI is InChI=1S/C15H16N2O/c1-11-16-15-13(8-5-9-14(15)18)17(11)10-12-6-3-2-4-7-12/h2-4,6-7H,5,8-10H2,1H3. The fraction of sp³-hybridized carbons (Fsp3) is 0.333. The van der Waals surface area contributed by atoms with Crippen LogP contribution in [0.15, 0.2) is 30.3 Å². The number of imidazole rings is 1. The Kier molecular flexibility index (Phi) is 2.74. The second-order valence-electron chi connectivity index (χ2n) is 4.80. The number of ketones is 1. The Morgan fingerprint density at radius 1 is 1.22 bits per heavy atom. The van der Waals surface area contributed by atoms with E-state index in [-0.39, 0.29) is 5.78 Å². The van der Waals surface area contributed by atoms with Crippen LogP contribution in [-0.4, -0.2) is 15.3 Å². The number of aryl methyl sites for hydroxylation is 1. The molecule has 0 saturated carbocycles. The molecule has 1 aromatic carbocycles. The van der Waals surface area contributed by atoms with Gasteiger partial charge in [-0.1, -0.05) is 30.3 Å². The monoisotopic (exact) mass is 240 g/mol. The van der Waals surface area contributed by atoms with Crippen LogP contribution >= 0.6 is 0 Å². The van der Waals surface area contributed by atoms with Crippen LogP contribution < -0.4 is 0 Å². The van der Waals surface area contributed by atoms with E-state index in [0.29, 0.717) is 12.1 Å². The Balaban J connectivity index is 2.00. The summed E-state index contributed by atoms with van der Waals surface area (Å²) >= 11 is 0. The lowest BCUT2D eigenvalue weighted by atomic mass is 10.00. The second kappa shape index (κ2) is 4.41. The molecule has 2 aromatic rings. The second-order valence-corrected chi connectivity index (χ2v) is 4.80. The zero-order valence-corrected chi connectivity index (χ0v) is 10.5. The van der Waals surface area contributed by atoms with Crippen LogP contribution in [-0.2, 0) is 13.0 Å². The number of carbonyl (C=O) groups is 1. The van der Waals surface area contributed by atoms with Crippen molar-refractivity contribution >= 4 is 5.78 Å². The maximum absolute atomic E-state index is 11.8. The SMILES string of the molecule is Cc1nc2c(n1Cc1ccccc1)CCCC2=O. The van der Waals surface area contributed by atoms with E-state index in [1.54, 1.807) is 0 Å². The van der Waals surface area contributed by atoms with Crippen molar-refractivity contribution in [3.63, 3.8) is 0 Å². The number of Topliss-reactive ketones (excluding diaryl/α,β-unsaturated/α-hetero) is 1. The van der Waals surface area contributed by atoms with Crippen molar-refractivity contribution in [2.75, 3.05) is 0 Å². The molecule has 1 heterocycles. The van der Waals surface area contributed by atoms with Gasteiger partial charge in [-0.25, -0.2) is 4.98 Å². The maximum Gasteiger partial charge on any atom is 0.183 e. The highest BCUT2D eigenvalue weighted by Crippen LogP contribution is 2.23. The molecular weight excluding hydrogens is 224 g/mol. The molecule has 3 rings (SSSR count). The van der Waals surface area contributed by atoms with Gasteiger partial charge in [0.25, 0.3) is 0 Å². The molecule has 1 aliphatic rings. The summed E-state index contributed by atoms with van der Waals surface area (Å²) in [5.74, 6) is 1.14. The number of hydrogen-bond donors (Lipinski definition) is 0. The predicted molar refractivity (Wildman–Crippen MR) is 69.8 cm³/mol. The number of benzene rings is 1. The predicted octanol–water partition coefficient (Wildman–Crippen LogP) is 2.76. The van der Waals surface area contributed by atoms with Crippen LogP contribution in [0.25, 0.3) is 0 Å². The fourth-order valence-electron chi connectivity index (χ4n) is 2.60. The molecule has 0 N–H and O–H groups in total. The first kappa shape index (κ1) is 11.2. The van der Waals surface area contributed by atoms with Crippen LogP contribution in [0.3, 0.4) is 0 Å². The fourth-order valence-corrected chi connectivity index (χ4v) is 2.60. The minimum Gasteiger partial charge on any atom is -0.327 e. The summed E-state index contributed by atoms with van der Waals surface area (Å²) in [6.07, 6.45) is 2.56. The molecule has 3 heteroatoms. The number of aromatic nitrogens is 2. The van der Waals surface area contributed by atoms with Gasteiger partial charge in [0.1, 0.15) is 11.5 Å². The van der Waals surface area contributed by atoms with E-state index in [4.69, 9.17) is 0 Å². The normalized spacial score (nSPS) is 14.6. The number of nitrogens with zero attached hydrogens (tertiary/aromatic N) is 2. The van der Waals surface area contributed by atoms with Gasteiger partial charge in [-0.05, 0) is 25.3 Å². The van der Waals surface area contributed by atoms with E-state index < -0.39 is 0 Å². The van der Waals surface area contributed by atoms with E-state index in [0.717, 1.165) is 30.9 Å². The van der Waals surface area contributed by atoms with Crippen LogP contribution in [0.4, 0.5) is 0 Å². The minimum atomic E-state index is 0.200. The molecule has 18 heavy (non-hydrogen) atoms. The van der Waals surface area contributed by atoms with Gasteiger partial charge in [0, 0.05) is 18.7 Å². The molecule has 0 radical (unpaired) electrons. The van der Waals surface area contributed by atoms with Gasteiger partial charge in [-0.3, -0.25) is 4.79 Å². The van der Waals surface area contributed by atoms with Gasteiger partial charge >= 0.3 is 0 Å². The molecule has 1 aliphatic carbocycles. The summed E-state index contributed by atoms with van der Waals surface area (Å²) in [7, 11) is 0. The number of fused-ring (bicyclic) bond motifs is 1. The van der Waals surface area contributed by atoms with Crippen LogP contribution in [0.1, 0.15) is 40.4 Å². The first-order chi connectivity index (χ1) is 8.75. The van der Waals surface area contributed by atoms with Crippen LogP contribution in [0.2, 0.25) is 0 Å². The lowest BCUT2D eigenvalue weighted by Crippen LogP contribution is -2.14. The molecular formula is C15H16N2O. The largest absolute Gasteiger partial charge is 0.327 e. The van der Waals surface area contributed by atoms with Gasteiger partial charge in [0.05, 0.1) is 0 Å². The van der Waals surface area contributed by atoms with E-state index in [2.05, 4.69) is 21.7 Å². The third kappa shape index (κ3) is 1.86. The lowest BCUT2D eigenvalue weighted by Gasteiger charge is -2.14. The molecule has 0 unspecified atom stereocenters. The molecule has 0 spiro atoms. The van der Waals surface area contributed by atoms with Gasteiger partial charge in [-0.2, -0.15) is 0 Å². The Bertz CT molecular complexity index is 584. The number of hydrogen-bond acceptors (Lipinski definition) is 2. The Hall–Kier alpha value is -1.90. The zero-order valence-electron chi connectivity index (χ0n) is 10.5. The van der Waals surface area contributed by atoms with Crippen LogP contribution in [0.5, 0.6) is 0 Å². The number of carbonyl (C=O) groups excluding carboxylic acids is 1. The molecule has 0 amide bonds. The van der Waals surface area contributed by atoms with E-state index >= 15 is 0 Å². The van der Waals surface area contributed by atoms with Gasteiger partial charge in [0.15, 0.2) is 5.78 Å². The third-order valence-corrected chi connectivity index (χ3v) is 3.53. The minimum absolute atomic E-state index is 0.200. The molecule has 1 aromatic heterocycles. The Morgan fingerprint density at radius 2 is 2.00 bits per heavy atom. The first-order valence-corrected chi connectivity index (χ1v) is 6.39. The topological polar surface area (TPSA) is 34.9 Å². The molecule has 0 aliphatic heterocycles. The van der Waals surface area contributed by atoms with Crippen molar-refractivity contribution in [1.82, 2.24) is 9.55 Å². The molecule has 92 valence electrons. The van der Waals surface area contributed by atoms with Gasteiger partial charge in [0.2, 0.25) is 0 Å². The summed E-state index contributed by atoms with van der Waals surface area (Å²) in [5, 5.41) is 0. The van der Waals surface area contributed by atoms with Crippen molar-refractivity contribution in [3.05, 3.63) is 53.1 Å². The average Bonchev–Trinajstić information content (AvgIpc) is 2.70. The smallest absolute Gasteiger partial charge is 0.183 e. The summed E-state index contributed by atoms with van der Waals surface area (Å²) in [6, 6.07) is 10.3. The van der Waals surface area contributed by atoms with Crippen molar-refractivity contribution in [2.24, 2.45) is 0 Å². The van der Waals surface area contributed by atoms with E-state index in [1.165, 1.54) is 5.56 Å². The molecule has 3 nitrogen and oxygen atoms in total. The summed E-state index contributed by atoms with van der Waals surface area (Å²) in [6.45, 7) is 2.79.